The van der Waals surface area contributed by atoms with Crippen LogP contribution in [0.2, 0.25) is 0 Å². The van der Waals surface area contributed by atoms with Crippen LogP contribution in [0, 0.1) is 0 Å². The summed E-state index contributed by atoms with van der Waals surface area (Å²) in [6.07, 6.45) is 2.29. The third-order valence-electron chi connectivity index (χ3n) is 2.22. The lowest BCUT2D eigenvalue weighted by Crippen LogP contribution is -1.99. The average Bonchev–Trinajstić information content (AvgIpc) is 2.25. The normalized spacial score (nSPS) is 11.4. The van der Waals surface area contributed by atoms with Crippen LogP contribution in [0.15, 0.2) is 29.2 Å². The van der Waals surface area contributed by atoms with Crippen LogP contribution in [0.25, 0.3) is 0 Å². The topological polar surface area (TPSA) is 51.2 Å². The number of benzene rings is 1. The number of carbonyl (C=O) groups is 1. The molecule has 1 aromatic rings. The highest BCUT2D eigenvalue weighted by molar-refractivity contribution is 8.13. The van der Waals surface area contributed by atoms with Crippen molar-refractivity contribution in [2.24, 2.45) is 0 Å². The van der Waals surface area contributed by atoms with Crippen molar-refractivity contribution in [1.82, 2.24) is 0 Å². The van der Waals surface area contributed by atoms with Crippen molar-refractivity contribution in [3.8, 4) is 0 Å². The van der Waals surface area contributed by atoms with Crippen molar-refractivity contribution < 1.29 is 13.2 Å². The summed E-state index contributed by atoms with van der Waals surface area (Å²) < 4.78 is 21.9. The van der Waals surface area contributed by atoms with Gasteiger partial charge >= 0.3 is 0 Å². The van der Waals surface area contributed by atoms with Crippen LogP contribution >= 0.6 is 10.7 Å². The third kappa shape index (κ3) is 3.61. The van der Waals surface area contributed by atoms with Gasteiger partial charge in [-0.05, 0) is 18.6 Å². The van der Waals surface area contributed by atoms with Crippen molar-refractivity contribution in [3.63, 3.8) is 0 Å². The summed E-state index contributed by atoms with van der Waals surface area (Å²) in [5, 5.41) is 0. The Morgan fingerprint density at radius 3 is 2.25 bits per heavy atom. The molecule has 0 heterocycles. The lowest BCUT2D eigenvalue weighted by Gasteiger charge is -2.01. The first kappa shape index (κ1) is 13.2. The second-order valence-electron chi connectivity index (χ2n) is 3.49. The number of ketones is 1. The molecule has 0 spiro atoms. The first-order valence-electron chi connectivity index (χ1n) is 5.03. The van der Waals surface area contributed by atoms with E-state index in [2.05, 4.69) is 0 Å². The minimum absolute atomic E-state index is 0.0150. The molecule has 0 aliphatic rings. The molecule has 1 rings (SSSR count). The standard InChI is InChI=1S/C11H13ClO3S/c1-2-3-4-11(13)9-5-7-10(8-6-9)16(12,14)15/h5-8H,2-4H2,1H3. The fraction of sp³-hybridized carbons (Fsp3) is 0.364. The molecule has 88 valence electrons. The van der Waals surface area contributed by atoms with Crippen LogP contribution in [-0.2, 0) is 9.05 Å². The van der Waals surface area contributed by atoms with Crippen molar-refractivity contribution in [2.75, 3.05) is 0 Å². The number of carbonyl (C=O) groups excluding carboxylic acids is 1. The summed E-state index contributed by atoms with van der Waals surface area (Å²) in [6, 6.07) is 5.68. The van der Waals surface area contributed by atoms with Gasteiger partial charge in [0.2, 0.25) is 0 Å². The fourth-order valence-electron chi connectivity index (χ4n) is 1.29. The summed E-state index contributed by atoms with van der Waals surface area (Å²) in [7, 11) is 1.46. The summed E-state index contributed by atoms with van der Waals surface area (Å²) in [5.41, 5.74) is 0.525. The van der Waals surface area contributed by atoms with Crippen LogP contribution in [0.5, 0.6) is 0 Å². The van der Waals surface area contributed by atoms with E-state index in [1.54, 1.807) is 0 Å². The number of unbranched alkanes of at least 4 members (excludes halogenated alkanes) is 1. The van der Waals surface area contributed by atoms with E-state index in [9.17, 15) is 13.2 Å². The van der Waals surface area contributed by atoms with Gasteiger partial charge in [-0.1, -0.05) is 25.5 Å². The first-order valence-corrected chi connectivity index (χ1v) is 7.34. The zero-order valence-corrected chi connectivity index (χ0v) is 10.5. The number of halogens is 1. The Bertz CT molecular complexity index is 463. The molecule has 0 bridgehead atoms. The fourth-order valence-corrected chi connectivity index (χ4v) is 2.05. The van der Waals surface area contributed by atoms with E-state index in [1.165, 1.54) is 24.3 Å². The maximum absolute atomic E-state index is 11.6. The Hall–Kier alpha value is -0.870. The van der Waals surface area contributed by atoms with Crippen molar-refractivity contribution in [3.05, 3.63) is 29.8 Å². The molecule has 0 saturated heterocycles. The van der Waals surface area contributed by atoms with Gasteiger partial charge in [0, 0.05) is 22.7 Å². The smallest absolute Gasteiger partial charge is 0.261 e. The second kappa shape index (κ2) is 5.46. The van der Waals surface area contributed by atoms with Crippen molar-refractivity contribution in [1.29, 1.82) is 0 Å². The van der Waals surface area contributed by atoms with Gasteiger partial charge in [0.05, 0.1) is 4.90 Å². The molecule has 0 amide bonds. The van der Waals surface area contributed by atoms with Gasteiger partial charge < -0.3 is 0 Å². The predicted octanol–water partition coefficient (Wildman–Crippen LogP) is 2.99. The molecule has 5 heteroatoms. The molecule has 0 aromatic heterocycles. The number of hydrogen-bond acceptors (Lipinski definition) is 3. The van der Waals surface area contributed by atoms with Gasteiger partial charge in [-0.15, -0.1) is 0 Å². The number of hydrogen-bond donors (Lipinski definition) is 0. The largest absolute Gasteiger partial charge is 0.294 e. The van der Waals surface area contributed by atoms with Crippen LogP contribution in [0.4, 0.5) is 0 Å². The van der Waals surface area contributed by atoms with E-state index in [4.69, 9.17) is 10.7 Å². The molecule has 0 aliphatic carbocycles. The maximum atomic E-state index is 11.6. The van der Waals surface area contributed by atoms with E-state index in [1.807, 2.05) is 6.92 Å². The van der Waals surface area contributed by atoms with Crippen LogP contribution in [0.3, 0.4) is 0 Å². The van der Waals surface area contributed by atoms with Crippen LogP contribution in [-0.4, -0.2) is 14.2 Å². The quantitative estimate of drug-likeness (QED) is 0.604. The summed E-state index contributed by atoms with van der Waals surface area (Å²) >= 11 is 0. The summed E-state index contributed by atoms with van der Waals surface area (Å²) in [5.74, 6) is 0.0281. The number of Topliss-reactive ketones (excluding diaryl/α,β-unsaturated/α-hetero) is 1. The molecule has 0 atom stereocenters. The maximum Gasteiger partial charge on any atom is 0.261 e. The van der Waals surface area contributed by atoms with E-state index in [-0.39, 0.29) is 10.7 Å². The Morgan fingerprint density at radius 2 is 1.81 bits per heavy atom. The molecule has 1 aromatic carbocycles. The van der Waals surface area contributed by atoms with E-state index in [0.717, 1.165) is 12.8 Å². The zero-order valence-electron chi connectivity index (χ0n) is 8.94. The Kier molecular flexibility index (Phi) is 4.50. The Balaban J connectivity index is 2.83. The monoisotopic (exact) mass is 260 g/mol. The lowest BCUT2D eigenvalue weighted by atomic mass is 10.1. The highest BCUT2D eigenvalue weighted by Gasteiger charge is 2.11. The SMILES string of the molecule is CCCCC(=O)c1ccc(S(=O)(=O)Cl)cc1. The molecule has 16 heavy (non-hydrogen) atoms. The minimum atomic E-state index is -3.70. The first-order chi connectivity index (χ1) is 7.45. The summed E-state index contributed by atoms with van der Waals surface area (Å²) in [4.78, 5) is 11.6. The van der Waals surface area contributed by atoms with Crippen LogP contribution in [0.1, 0.15) is 36.5 Å². The van der Waals surface area contributed by atoms with Gasteiger partial charge in [-0.25, -0.2) is 8.42 Å². The average molecular weight is 261 g/mol. The molecule has 0 N–H and O–H groups in total. The third-order valence-corrected chi connectivity index (χ3v) is 3.58. The highest BCUT2D eigenvalue weighted by atomic mass is 35.7. The molecular formula is C11H13ClO3S. The predicted molar refractivity (Wildman–Crippen MR) is 63.3 cm³/mol. The zero-order chi connectivity index (χ0) is 12.2. The Morgan fingerprint density at radius 1 is 1.25 bits per heavy atom. The van der Waals surface area contributed by atoms with Gasteiger partial charge in [-0.2, -0.15) is 0 Å². The van der Waals surface area contributed by atoms with Gasteiger partial charge in [0.15, 0.2) is 5.78 Å². The molecule has 3 nitrogen and oxygen atoms in total. The van der Waals surface area contributed by atoms with Gasteiger partial charge in [0.1, 0.15) is 0 Å². The molecular weight excluding hydrogens is 248 g/mol. The molecule has 0 aliphatic heterocycles. The summed E-state index contributed by atoms with van der Waals surface area (Å²) in [6.45, 7) is 2.01. The van der Waals surface area contributed by atoms with Gasteiger partial charge in [0.25, 0.3) is 9.05 Å². The van der Waals surface area contributed by atoms with Crippen molar-refractivity contribution in [2.45, 2.75) is 31.1 Å². The molecule has 0 fully saturated rings. The molecule has 0 radical (unpaired) electrons. The van der Waals surface area contributed by atoms with E-state index in [0.29, 0.717) is 12.0 Å². The van der Waals surface area contributed by atoms with Gasteiger partial charge in [-0.3, -0.25) is 4.79 Å². The number of rotatable bonds is 5. The molecule has 0 saturated carbocycles. The molecule has 0 unspecified atom stereocenters. The lowest BCUT2D eigenvalue weighted by molar-refractivity contribution is 0.0979. The van der Waals surface area contributed by atoms with E-state index < -0.39 is 9.05 Å². The second-order valence-corrected chi connectivity index (χ2v) is 6.05. The van der Waals surface area contributed by atoms with E-state index >= 15 is 0 Å². The van der Waals surface area contributed by atoms with Crippen LogP contribution < -0.4 is 0 Å². The van der Waals surface area contributed by atoms with Crippen molar-refractivity contribution >= 4 is 25.5 Å². The Labute approximate surface area is 99.9 Å². The minimum Gasteiger partial charge on any atom is -0.294 e. The highest BCUT2D eigenvalue weighted by Crippen LogP contribution is 2.16.